The number of benzene rings is 3. The Morgan fingerprint density at radius 1 is 0.976 bits per heavy atom. The number of amides is 2. The molecule has 0 bridgehead atoms. The molecule has 4 rings (SSSR count). The van der Waals surface area contributed by atoms with E-state index in [0.29, 0.717) is 5.56 Å². The summed E-state index contributed by atoms with van der Waals surface area (Å²) in [5.41, 5.74) is 0.202. The number of nitrogens with zero attached hydrogens (tertiary/aromatic N) is 3. The minimum Gasteiger partial charge on any atom is -0.352 e. The molecule has 2 amide bonds. The van der Waals surface area contributed by atoms with E-state index in [0.717, 1.165) is 42.1 Å². The molecular formula is C29H30Cl2N4O6S. The van der Waals surface area contributed by atoms with E-state index in [1.54, 1.807) is 43.3 Å². The first kappa shape index (κ1) is 31.3. The molecule has 1 N–H and O–H groups in total. The van der Waals surface area contributed by atoms with Crippen LogP contribution in [0.15, 0.2) is 77.7 Å². The summed E-state index contributed by atoms with van der Waals surface area (Å²) in [5.74, 6) is -1.08. The van der Waals surface area contributed by atoms with Crippen LogP contribution in [0.1, 0.15) is 38.2 Å². The van der Waals surface area contributed by atoms with Gasteiger partial charge in [-0.15, -0.1) is 0 Å². The Kier molecular flexibility index (Phi) is 10.1. The van der Waals surface area contributed by atoms with E-state index in [1.807, 2.05) is 0 Å². The van der Waals surface area contributed by atoms with Crippen LogP contribution in [-0.4, -0.2) is 48.7 Å². The van der Waals surface area contributed by atoms with E-state index in [9.17, 15) is 28.1 Å². The minimum atomic E-state index is -4.31. The number of anilines is 1. The molecule has 222 valence electrons. The number of hydrogen-bond donors (Lipinski definition) is 1. The van der Waals surface area contributed by atoms with Crippen LogP contribution in [0.2, 0.25) is 10.0 Å². The number of nitrogens with one attached hydrogen (secondary N) is 1. The fourth-order valence-corrected chi connectivity index (χ4v) is 6.77. The molecular weight excluding hydrogens is 603 g/mol. The number of hydrogen-bond acceptors (Lipinski definition) is 6. The predicted molar refractivity (Wildman–Crippen MR) is 161 cm³/mol. The minimum absolute atomic E-state index is 0.00382. The van der Waals surface area contributed by atoms with Gasteiger partial charge in [0.25, 0.3) is 15.7 Å². The molecule has 10 nitrogen and oxygen atoms in total. The van der Waals surface area contributed by atoms with E-state index in [1.165, 1.54) is 29.2 Å². The summed E-state index contributed by atoms with van der Waals surface area (Å²) in [7, 11) is -4.31. The molecule has 1 atom stereocenters. The highest BCUT2D eigenvalue weighted by molar-refractivity contribution is 7.92. The lowest BCUT2D eigenvalue weighted by Crippen LogP contribution is -2.52. The second-order valence-corrected chi connectivity index (χ2v) is 12.7. The molecule has 1 aliphatic rings. The van der Waals surface area contributed by atoms with Gasteiger partial charge in [0.05, 0.1) is 15.5 Å². The first-order valence-electron chi connectivity index (χ1n) is 13.3. The van der Waals surface area contributed by atoms with Gasteiger partial charge in [0, 0.05) is 40.3 Å². The maximum atomic E-state index is 14.0. The number of nitro benzene ring substituents is 1. The highest BCUT2D eigenvalue weighted by Gasteiger charge is 2.34. The van der Waals surface area contributed by atoms with E-state index in [2.05, 4.69) is 5.32 Å². The summed E-state index contributed by atoms with van der Waals surface area (Å²) in [4.78, 5) is 39.1. The number of carbonyl (C=O) groups excluding carboxylic acids is 2. The fourth-order valence-electron chi connectivity index (χ4n) is 4.82. The van der Waals surface area contributed by atoms with E-state index >= 15 is 0 Å². The van der Waals surface area contributed by atoms with Crippen molar-refractivity contribution >= 4 is 56.4 Å². The van der Waals surface area contributed by atoms with Gasteiger partial charge in [-0.25, -0.2) is 8.42 Å². The van der Waals surface area contributed by atoms with Crippen molar-refractivity contribution in [3.05, 3.63) is 98.5 Å². The summed E-state index contributed by atoms with van der Waals surface area (Å²) >= 11 is 12.8. The van der Waals surface area contributed by atoms with Crippen molar-refractivity contribution in [1.82, 2.24) is 10.2 Å². The third kappa shape index (κ3) is 7.21. The van der Waals surface area contributed by atoms with Gasteiger partial charge in [0.2, 0.25) is 11.8 Å². The van der Waals surface area contributed by atoms with Gasteiger partial charge in [0.15, 0.2) is 0 Å². The van der Waals surface area contributed by atoms with Gasteiger partial charge in [-0.1, -0.05) is 60.3 Å². The molecule has 0 spiro atoms. The maximum Gasteiger partial charge on any atom is 0.269 e. The Bertz CT molecular complexity index is 1530. The van der Waals surface area contributed by atoms with Gasteiger partial charge >= 0.3 is 0 Å². The zero-order chi connectivity index (χ0) is 30.4. The largest absolute Gasteiger partial charge is 0.352 e. The summed E-state index contributed by atoms with van der Waals surface area (Å²) in [6, 6.07) is 16.2. The van der Waals surface area contributed by atoms with Crippen molar-refractivity contribution in [2.45, 2.75) is 56.1 Å². The average Bonchev–Trinajstić information content (AvgIpc) is 3.49. The quantitative estimate of drug-likeness (QED) is 0.217. The van der Waals surface area contributed by atoms with Gasteiger partial charge < -0.3 is 10.2 Å². The summed E-state index contributed by atoms with van der Waals surface area (Å²) < 4.78 is 28.5. The molecule has 0 radical (unpaired) electrons. The molecule has 42 heavy (non-hydrogen) atoms. The van der Waals surface area contributed by atoms with Crippen molar-refractivity contribution in [3.63, 3.8) is 0 Å². The Labute approximate surface area is 254 Å². The Morgan fingerprint density at radius 3 is 2.14 bits per heavy atom. The maximum absolute atomic E-state index is 14.0. The van der Waals surface area contributed by atoms with Gasteiger partial charge in [-0.2, -0.15) is 0 Å². The molecule has 13 heteroatoms. The van der Waals surface area contributed by atoms with Gasteiger partial charge in [-0.05, 0) is 56.2 Å². The van der Waals surface area contributed by atoms with Gasteiger partial charge in [0.1, 0.15) is 12.6 Å². The summed E-state index contributed by atoms with van der Waals surface area (Å²) in [6.45, 7) is 0.711. The lowest BCUT2D eigenvalue weighted by Gasteiger charge is -2.32. The molecule has 0 saturated heterocycles. The lowest BCUT2D eigenvalue weighted by molar-refractivity contribution is -0.384. The SMILES string of the molecule is C[C@H](C(=O)NC1CCCC1)N(Cc1c(Cl)cccc1Cl)C(=O)CN(c1ccc([N+](=O)[O-])cc1)S(=O)(=O)c1ccccc1. The molecule has 0 aromatic heterocycles. The highest BCUT2D eigenvalue weighted by Crippen LogP contribution is 2.29. The first-order valence-corrected chi connectivity index (χ1v) is 15.5. The molecule has 0 aliphatic heterocycles. The number of sulfonamides is 1. The molecule has 0 heterocycles. The second-order valence-electron chi connectivity index (χ2n) is 9.99. The smallest absolute Gasteiger partial charge is 0.269 e. The van der Waals surface area contributed by atoms with Crippen LogP contribution in [0, 0.1) is 10.1 Å². The fraction of sp³-hybridized carbons (Fsp3) is 0.310. The van der Waals surface area contributed by atoms with Crippen LogP contribution in [0.4, 0.5) is 11.4 Å². The van der Waals surface area contributed by atoms with Gasteiger partial charge in [-0.3, -0.25) is 24.0 Å². The number of halogens is 2. The van der Waals surface area contributed by atoms with Crippen molar-refractivity contribution in [2.24, 2.45) is 0 Å². The lowest BCUT2D eigenvalue weighted by atomic mass is 10.1. The topological polar surface area (TPSA) is 130 Å². The predicted octanol–water partition coefficient (Wildman–Crippen LogP) is 5.57. The van der Waals surface area contributed by atoms with Crippen LogP contribution in [0.5, 0.6) is 0 Å². The first-order chi connectivity index (χ1) is 20.0. The third-order valence-electron chi connectivity index (χ3n) is 7.22. The normalized spacial score (nSPS) is 14.3. The van der Waals surface area contributed by atoms with Crippen molar-refractivity contribution in [3.8, 4) is 0 Å². The van der Waals surface area contributed by atoms with E-state index < -0.39 is 33.4 Å². The van der Waals surface area contributed by atoms with Crippen LogP contribution >= 0.6 is 23.2 Å². The van der Waals surface area contributed by atoms with E-state index in [4.69, 9.17) is 23.2 Å². The average molecular weight is 634 g/mol. The third-order valence-corrected chi connectivity index (χ3v) is 9.71. The molecule has 1 aliphatic carbocycles. The molecule has 3 aromatic rings. The van der Waals surface area contributed by atoms with Crippen LogP contribution in [0.25, 0.3) is 0 Å². The number of non-ortho nitro benzene ring substituents is 1. The van der Waals surface area contributed by atoms with E-state index in [-0.39, 0.29) is 44.8 Å². The zero-order valence-electron chi connectivity index (χ0n) is 22.8. The standard InChI is InChI=1S/C29H30Cl2N4O6S/c1-20(29(37)32-21-8-5-6-9-21)33(18-25-26(30)12-7-13-27(25)31)28(36)19-34(22-14-16-23(17-15-22)35(38)39)42(40,41)24-10-3-2-4-11-24/h2-4,7,10-17,20-21H,5-6,8-9,18-19H2,1H3,(H,32,37)/t20-/m1/s1. The number of nitro groups is 1. The molecule has 3 aromatic carbocycles. The zero-order valence-corrected chi connectivity index (χ0v) is 25.1. The summed E-state index contributed by atoms with van der Waals surface area (Å²) in [6.07, 6.45) is 3.68. The monoisotopic (exact) mass is 632 g/mol. The van der Waals surface area contributed by atoms with Crippen LogP contribution in [0.3, 0.4) is 0 Å². The summed E-state index contributed by atoms with van der Waals surface area (Å²) in [5, 5.41) is 14.8. The Hall–Kier alpha value is -3.67. The second kappa shape index (κ2) is 13.5. The molecule has 1 saturated carbocycles. The molecule has 0 unspecified atom stereocenters. The Morgan fingerprint density at radius 2 is 1.57 bits per heavy atom. The van der Waals surface area contributed by atoms with Crippen molar-refractivity contribution < 1.29 is 22.9 Å². The number of rotatable bonds is 11. The highest BCUT2D eigenvalue weighted by atomic mass is 35.5. The van der Waals surface area contributed by atoms with Crippen molar-refractivity contribution in [2.75, 3.05) is 10.8 Å². The van der Waals surface area contributed by atoms with Crippen LogP contribution in [-0.2, 0) is 26.2 Å². The van der Waals surface area contributed by atoms with Crippen LogP contribution < -0.4 is 9.62 Å². The number of carbonyl (C=O) groups is 2. The van der Waals surface area contributed by atoms with Crippen molar-refractivity contribution in [1.29, 1.82) is 0 Å². The Balaban J connectivity index is 1.72. The molecule has 1 fully saturated rings.